The lowest BCUT2D eigenvalue weighted by molar-refractivity contribution is 0.0765. The molecule has 7 nitrogen and oxygen atoms in total. The molecule has 1 aromatic carbocycles. The summed E-state index contributed by atoms with van der Waals surface area (Å²) in [4.78, 5) is 23.7. The normalized spacial score (nSPS) is 19.8. The first kappa shape index (κ1) is 17.6. The van der Waals surface area contributed by atoms with Crippen molar-refractivity contribution in [2.45, 2.75) is 33.3 Å². The Labute approximate surface area is 157 Å². The summed E-state index contributed by atoms with van der Waals surface area (Å²) in [6.45, 7) is 6.64. The third-order valence-corrected chi connectivity index (χ3v) is 5.25. The number of H-pyrrole nitrogens is 1. The molecule has 3 aromatic rings. The third-order valence-electron chi connectivity index (χ3n) is 5.25. The number of aromatic amines is 1. The van der Waals surface area contributed by atoms with E-state index in [4.69, 9.17) is 0 Å². The van der Waals surface area contributed by atoms with Crippen LogP contribution >= 0.6 is 0 Å². The Balaban J connectivity index is 1.52. The molecule has 0 radical (unpaired) electrons. The van der Waals surface area contributed by atoms with E-state index in [-0.39, 0.29) is 11.8 Å². The van der Waals surface area contributed by atoms with Gasteiger partial charge in [0, 0.05) is 30.3 Å². The Bertz CT molecular complexity index is 1010. The number of amides is 1. The summed E-state index contributed by atoms with van der Waals surface area (Å²) in [7, 11) is 0. The van der Waals surface area contributed by atoms with E-state index in [0.717, 1.165) is 28.3 Å². The Kier molecular flexibility index (Phi) is 4.39. The molecule has 0 spiro atoms. The molecule has 7 heteroatoms. The van der Waals surface area contributed by atoms with Crippen LogP contribution in [0.3, 0.4) is 0 Å². The number of carbonyl (C=O) groups is 1. The standard InChI is InChI=1S/C20H23N5O2/c1-11-6-16(24-23-11)7-15-9-25(10-19(15)26)20(27)14-4-5-17-18(8-14)22-13(3)12(2)21-17/h4-6,8,15,19,26H,7,9-10H2,1-3H3,(H,23,24)/t15-,19-/m1/s1. The number of aliphatic hydroxyl groups excluding tert-OH is 1. The van der Waals surface area contributed by atoms with E-state index >= 15 is 0 Å². The van der Waals surface area contributed by atoms with Gasteiger partial charge in [-0.25, -0.2) is 9.97 Å². The van der Waals surface area contributed by atoms with Gasteiger partial charge < -0.3 is 10.0 Å². The van der Waals surface area contributed by atoms with E-state index in [2.05, 4.69) is 20.2 Å². The van der Waals surface area contributed by atoms with Crippen LogP contribution < -0.4 is 0 Å². The number of aliphatic hydroxyl groups is 1. The van der Waals surface area contributed by atoms with Crippen LogP contribution in [0, 0.1) is 26.7 Å². The fourth-order valence-electron chi connectivity index (χ4n) is 3.61. The monoisotopic (exact) mass is 365 g/mol. The van der Waals surface area contributed by atoms with Gasteiger partial charge in [0.05, 0.1) is 34.2 Å². The molecule has 3 heterocycles. The molecule has 2 N–H and O–H groups in total. The minimum atomic E-state index is -0.545. The molecule has 0 bridgehead atoms. The fraction of sp³-hybridized carbons (Fsp3) is 0.400. The lowest BCUT2D eigenvalue weighted by atomic mass is 10.0. The highest BCUT2D eigenvalue weighted by atomic mass is 16.3. The highest BCUT2D eigenvalue weighted by Gasteiger charge is 2.34. The summed E-state index contributed by atoms with van der Waals surface area (Å²) in [6.07, 6.45) is 0.104. The summed E-state index contributed by atoms with van der Waals surface area (Å²) in [5, 5.41) is 17.6. The van der Waals surface area contributed by atoms with Crippen molar-refractivity contribution in [3.05, 3.63) is 52.6 Å². The summed E-state index contributed by atoms with van der Waals surface area (Å²) in [6, 6.07) is 7.38. The molecule has 140 valence electrons. The van der Waals surface area contributed by atoms with Crippen LogP contribution in [0.2, 0.25) is 0 Å². The average Bonchev–Trinajstić information content (AvgIpc) is 3.21. The number of hydrogen-bond donors (Lipinski definition) is 2. The van der Waals surface area contributed by atoms with Gasteiger partial charge in [-0.1, -0.05) is 0 Å². The number of carbonyl (C=O) groups excluding carboxylic acids is 1. The van der Waals surface area contributed by atoms with Crippen LogP contribution in [0.1, 0.15) is 33.1 Å². The molecular weight excluding hydrogens is 342 g/mol. The van der Waals surface area contributed by atoms with Gasteiger partial charge in [0.1, 0.15) is 0 Å². The number of rotatable bonds is 3. The predicted molar refractivity (Wildman–Crippen MR) is 101 cm³/mol. The summed E-state index contributed by atoms with van der Waals surface area (Å²) < 4.78 is 0. The van der Waals surface area contributed by atoms with Crippen LogP contribution in [-0.2, 0) is 6.42 Å². The highest BCUT2D eigenvalue weighted by Crippen LogP contribution is 2.24. The minimum absolute atomic E-state index is 0.0122. The molecule has 4 rings (SSSR count). The van der Waals surface area contributed by atoms with Crippen LogP contribution in [-0.4, -0.2) is 55.3 Å². The van der Waals surface area contributed by atoms with E-state index in [9.17, 15) is 9.90 Å². The number of nitrogens with zero attached hydrogens (tertiary/aromatic N) is 4. The van der Waals surface area contributed by atoms with Crippen molar-refractivity contribution in [1.82, 2.24) is 25.1 Å². The zero-order valence-corrected chi connectivity index (χ0v) is 15.7. The SMILES string of the molecule is Cc1cc(C[C@@H]2CN(C(=O)c3ccc4nc(C)c(C)nc4c3)C[C@H]2O)n[nH]1. The van der Waals surface area contributed by atoms with E-state index in [1.165, 1.54) is 0 Å². The number of aromatic nitrogens is 4. The molecule has 27 heavy (non-hydrogen) atoms. The lowest BCUT2D eigenvalue weighted by Crippen LogP contribution is -2.29. The first-order valence-electron chi connectivity index (χ1n) is 9.14. The number of β-amino-alcohol motifs (C(OH)–C–C–N with tert-alkyl or cyclic N) is 1. The summed E-state index contributed by atoms with van der Waals surface area (Å²) >= 11 is 0. The Hall–Kier alpha value is -2.80. The van der Waals surface area contributed by atoms with Gasteiger partial charge in [-0.15, -0.1) is 0 Å². The number of likely N-dealkylation sites (tertiary alicyclic amines) is 1. The smallest absolute Gasteiger partial charge is 0.254 e. The quantitative estimate of drug-likeness (QED) is 0.740. The lowest BCUT2D eigenvalue weighted by Gasteiger charge is -2.16. The van der Waals surface area contributed by atoms with E-state index in [0.29, 0.717) is 30.6 Å². The summed E-state index contributed by atoms with van der Waals surface area (Å²) in [5.74, 6) is -0.0986. The number of aryl methyl sites for hydroxylation is 3. The fourth-order valence-corrected chi connectivity index (χ4v) is 3.61. The molecule has 2 atom stereocenters. The van der Waals surface area contributed by atoms with E-state index in [1.54, 1.807) is 17.0 Å². The van der Waals surface area contributed by atoms with Gasteiger partial charge in [-0.05, 0) is 51.5 Å². The molecule has 1 fully saturated rings. The zero-order valence-electron chi connectivity index (χ0n) is 15.7. The largest absolute Gasteiger partial charge is 0.391 e. The maximum atomic E-state index is 12.9. The van der Waals surface area contributed by atoms with Crippen molar-refractivity contribution in [3.8, 4) is 0 Å². The number of benzene rings is 1. The molecule has 0 saturated carbocycles. The van der Waals surface area contributed by atoms with Crippen molar-refractivity contribution < 1.29 is 9.90 Å². The van der Waals surface area contributed by atoms with Crippen LogP contribution in [0.5, 0.6) is 0 Å². The van der Waals surface area contributed by atoms with Crippen LogP contribution in [0.25, 0.3) is 11.0 Å². The zero-order chi connectivity index (χ0) is 19.1. The second kappa shape index (κ2) is 6.74. The van der Waals surface area contributed by atoms with Gasteiger partial charge in [-0.3, -0.25) is 9.89 Å². The van der Waals surface area contributed by atoms with E-state index in [1.807, 2.05) is 32.9 Å². The molecule has 0 unspecified atom stereocenters. The maximum Gasteiger partial charge on any atom is 0.254 e. The van der Waals surface area contributed by atoms with Crippen molar-refractivity contribution in [1.29, 1.82) is 0 Å². The van der Waals surface area contributed by atoms with Gasteiger partial charge in [0.2, 0.25) is 0 Å². The average molecular weight is 365 g/mol. The number of nitrogens with one attached hydrogen (secondary N) is 1. The molecule has 1 aliphatic heterocycles. The second-order valence-corrected chi connectivity index (χ2v) is 7.38. The number of hydrogen-bond acceptors (Lipinski definition) is 5. The Morgan fingerprint density at radius 1 is 1.15 bits per heavy atom. The molecule has 1 amide bonds. The Morgan fingerprint density at radius 2 is 1.89 bits per heavy atom. The molecule has 0 aliphatic carbocycles. The Morgan fingerprint density at radius 3 is 2.59 bits per heavy atom. The third kappa shape index (κ3) is 3.42. The van der Waals surface area contributed by atoms with Crippen molar-refractivity contribution in [2.24, 2.45) is 5.92 Å². The molecular formula is C20H23N5O2. The number of fused-ring (bicyclic) bond motifs is 1. The van der Waals surface area contributed by atoms with Gasteiger partial charge in [0.15, 0.2) is 0 Å². The van der Waals surface area contributed by atoms with Crippen LogP contribution in [0.15, 0.2) is 24.3 Å². The van der Waals surface area contributed by atoms with Gasteiger partial charge in [0.25, 0.3) is 5.91 Å². The maximum absolute atomic E-state index is 12.9. The van der Waals surface area contributed by atoms with E-state index < -0.39 is 6.10 Å². The first-order valence-corrected chi connectivity index (χ1v) is 9.14. The predicted octanol–water partition coefficient (Wildman–Crippen LogP) is 1.95. The topological polar surface area (TPSA) is 95.0 Å². The van der Waals surface area contributed by atoms with Crippen molar-refractivity contribution in [2.75, 3.05) is 13.1 Å². The first-order chi connectivity index (χ1) is 12.9. The molecule has 1 aliphatic rings. The summed E-state index contributed by atoms with van der Waals surface area (Å²) in [5.41, 5.74) is 5.73. The van der Waals surface area contributed by atoms with Crippen molar-refractivity contribution in [3.63, 3.8) is 0 Å². The molecule has 1 saturated heterocycles. The van der Waals surface area contributed by atoms with Gasteiger partial charge >= 0.3 is 0 Å². The van der Waals surface area contributed by atoms with Gasteiger partial charge in [-0.2, -0.15) is 5.10 Å². The van der Waals surface area contributed by atoms with Crippen LogP contribution in [0.4, 0.5) is 0 Å². The second-order valence-electron chi connectivity index (χ2n) is 7.38. The van der Waals surface area contributed by atoms with Crippen molar-refractivity contribution >= 4 is 16.9 Å². The minimum Gasteiger partial charge on any atom is -0.391 e. The molecule has 2 aromatic heterocycles. The highest BCUT2D eigenvalue weighted by molar-refractivity contribution is 5.97.